The second kappa shape index (κ2) is 5.28. The van der Waals surface area contributed by atoms with E-state index in [1.807, 2.05) is 0 Å². The van der Waals surface area contributed by atoms with Crippen molar-refractivity contribution in [3.8, 4) is 0 Å². The number of benzene rings is 1. The van der Waals surface area contributed by atoms with Crippen LogP contribution in [-0.2, 0) is 0 Å². The van der Waals surface area contributed by atoms with Gasteiger partial charge in [0.2, 0.25) is 0 Å². The first kappa shape index (κ1) is 12.7. The average Bonchev–Trinajstić information content (AvgIpc) is 2.68. The predicted octanol–water partition coefficient (Wildman–Crippen LogP) is 3.91. The van der Waals surface area contributed by atoms with E-state index in [0.717, 1.165) is 12.8 Å². The van der Waals surface area contributed by atoms with E-state index < -0.39 is 0 Å². The van der Waals surface area contributed by atoms with Crippen LogP contribution in [0.4, 0.5) is 0 Å². The highest BCUT2D eigenvalue weighted by Crippen LogP contribution is 2.27. The Balaban J connectivity index is 2.07. The van der Waals surface area contributed by atoms with Crippen LogP contribution in [0.5, 0.6) is 0 Å². The molecule has 17 heavy (non-hydrogen) atoms. The van der Waals surface area contributed by atoms with E-state index in [0.29, 0.717) is 21.5 Å². The number of hydrogen-bond donors (Lipinski definition) is 1. The Morgan fingerprint density at radius 1 is 1.35 bits per heavy atom. The lowest BCUT2D eigenvalue weighted by Gasteiger charge is -2.13. The first-order valence-electron chi connectivity index (χ1n) is 5.83. The molecule has 92 valence electrons. The highest BCUT2D eigenvalue weighted by atomic mass is 35.5. The van der Waals surface area contributed by atoms with Gasteiger partial charge in [0.1, 0.15) is 0 Å². The molecule has 1 saturated carbocycles. The third-order valence-electron chi connectivity index (χ3n) is 3.23. The summed E-state index contributed by atoms with van der Waals surface area (Å²) in [5, 5.41) is 3.76. The highest BCUT2D eigenvalue weighted by molar-refractivity contribution is 6.43. The summed E-state index contributed by atoms with van der Waals surface area (Å²) in [6.45, 7) is 2.21. The molecule has 0 heterocycles. The van der Waals surface area contributed by atoms with Gasteiger partial charge in [-0.2, -0.15) is 0 Å². The van der Waals surface area contributed by atoms with Crippen LogP contribution in [0.1, 0.15) is 36.5 Å². The maximum Gasteiger partial charge on any atom is 0.253 e. The Morgan fingerprint density at radius 2 is 2.12 bits per heavy atom. The molecule has 0 spiro atoms. The minimum absolute atomic E-state index is 0.128. The molecule has 4 heteroatoms. The Bertz CT molecular complexity index is 433. The molecular formula is C13H15Cl2NO. The van der Waals surface area contributed by atoms with E-state index in [4.69, 9.17) is 23.2 Å². The van der Waals surface area contributed by atoms with Crippen LogP contribution in [-0.4, -0.2) is 11.9 Å². The zero-order valence-electron chi connectivity index (χ0n) is 9.67. The summed E-state index contributed by atoms with van der Waals surface area (Å²) in [4.78, 5) is 12.0. The highest BCUT2D eigenvalue weighted by Gasteiger charge is 2.24. The molecule has 2 unspecified atom stereocenters. The largest absolute Gasteiger partial charge is 0.349 e. The van der Waals surface area contributed by atoms with Crippen molar-refractivity contribution in [2.24, 2.45) is 5.92 Å². The fraction of sp³-hybridized carbons (Fsp3) is 0.462. The number of halogens is 2. The van der Waals surface area contributed by atoms with Crippen molar-refractivity contribution >= 4 is 29.1 Å². The Morgan fingerprint density at radius 3 is 2.76 bits per heavy atom. The van der Waals surface area contributed by atoms with Gasteiger partial charge in [-0.1, -0.05) is 36.2 Å². The van der Waals surface area contributed by atoms with Crippen LogP contribution in [0.25, 0.3) is 0 Å². The van der Waals surface area contributed by atoms with Crippen LogP contribution >= 0.6 is 23.2 Å². The van der Waals surface area contributed by atoms with E-state index in [9.17, 15) is 4.79 Å². The number of rotatable bonds is 2. The molecular weight excluding hydrogens is 257 g/mol. The van der Waals surface area contributed by atoms with E-state index in [2.05, 4.69) is 12.2 Å². The lowest BCUT2D eigenvalue weighted by Crippen LogP contribution is -2.33. The summed E-state index contributed by atoms with van der Waals surface area (Å²) >= 11 is 11.9. The maximum absolute atomic E-state index is 12.0. The maximum atomic E-state index is 12.0. The van der Waals surface area contributed by atoms with Gasteiger partial charge in [0.05, 0.1) is 15.6 Å². The van der Waals surface area contributed by atoms with Crippen molar-refractivity contribution in [3.05, 3.63) is 33.8 Å². The van der Waals surface area contributed by atoms with Gasteiger partial charge in [-0.15, -0.1) is 0 Å². The van der Waals surface area contributed by atoms with Gasteiger partial charge < -0.3 is 5.32 Å². The van der Waals surface area contributed by atoms with E-state index in [-0.39, 0.29) is 11.9 Å². The molecule has 2 atom stereocenters. The number of carbonyl (C=O) groups excluding carboxylic acids is 1. The first-order valence-corrected chi connectivity index (χ1v) is 6.58. The van der Waals surface area contributed by atoms with Crippen LogP contribution in [0, 0.1) is 5.92 Å². The molecule has 2 rings (SSSR count). The minimum atomic E-state index is -0.128. The zero-order valence-corrected chi connectivity index (χ0v) is 11.2. The molecule has 0 aliphatic heterocycles. The van der Waals surface area contributed by atoms with Gasteiger partial charge >= 0.3 is 0 Å². The second-order valence-corrected chi connectivity index (χ2v) is 5.48. The molecule has 1 fully saturated rings. The van der Waals surface area contributed by atoms with Crippen molar-refractivity contribution in [3.63, 3.8) is 0 Å². The Labute approximate surface area is 111 Å². The zero-order chi connectivity index (χ0) is 12.4. The van der Waals surface area contributed by atoms with Gasteiger partial charge in [-0.05, 0) is 37.3 Å². The summed E-state index contributed by atoms with van der Waals surface area (Å²) in [6.07, 6.45) is 3.27. The number of amides is 1. The standard InChI is InChI=1S/C13H15Cl2NO/c1-8-5-6-9(7-8)16-13(17)10-3-2-4-11(14)12(10)15/h2-4,8-9H,5-7H2,1H3,(H,16,17). The third kappa shape index (κ3) is 2.93. The fourth-order valence-corrected chi connectivity index (χ4v) is 2.67. The Kier molecular flexibility index (Phi) is 3.95. The fourth-order valence-electron chi connectivity index (χ4n) is 2.28. The minimum Gasteiger partial charge on any atom is -0.349 e. The van der Waals surface area contributed by atoms with Crippen LogP contribution in [0.3, 0.4) is 0 Å². The molecule has 1 N–H and O–H groups in total. The molecule has 0 radical (unpaired) electrons. The van der Waals surface area contributed by atoms with Gasteiger partial charge in [0.25, 0.3) is 5.91 Å². The SMILES string of the molecule is CC1CCC(NC(=O)c2cccc(Cl)c2Cl)C1. The van der Waals surface area contributed by atoms with Crippen LogP contribution < -0.4 is 5.32 Å². The predicted molar refractivity (Wildman–Crippen MR) is 70.7 cm³/mol. The summed E-state index contributed by atoms with van der Waals surface area (Å²) in [6, 6.07) is 5.38. The molecule has 2 nitrogen and oxygen atoms in total. The lowest BCUT2D eigenvalue weighted by atomic mass is 10.1. The van der Waals surface area contributed by atoms with Crippen molar-refractivity contribution in [1.82, 2.24) is 5.32 Å². The first-order chi connectivity index (χ1) is 8.08. The van der Waals surface area contributed by atoms with E-state index in [1.165, 1.54) is 6.42 Å². The average molecular weight is 272 g/mol. The topological polar surface area (TPSA) is 29.1 Å². The van der Waals surface area contributed by atoms with E-state index in [1.54, 1.807) is 18.2 Å². The number of nitrogens with one attached hydrogen (secondary N) is 1. The molecule has 1 aromatic carbocycles. The quantitative estimate of drug-likeness (QED) is 0.868. The Hall–Kier alpha value is -0.730. The molecule has 0 saturated heterocycles. The normalized spacial score (nSPS) is 23.7. The van der Waals surface area contributed by atoms with Gasteiger partial charge in [0.15, 0.2) is 0 Å². The molecule has 1 aromatic rings. The molecule has 1 aliphatic carbocycles. The van der Waals surface area contributed by atoms with Crippen molar-refractivity contribution in [2.45, 2.75) is 32.2 Å². The molecule has 1 amide bonds. The summed E-state index contributed by atoms with van der Waals surface area (Å²) in [5.74, 6) is 0.562. The van der Waals surface area contributed by atoms with Gasteiger partial charge in [0, 0.05) is 6.04 Å². The van der Waals surface area contributed by atoms with Crippen LogP contribution in [0.2, 0.25) is 10.0 Å². The summed E-state index contributed by atoms with van der Waals surface area (Å²) in [7, 11) is 0. The van der Waals surface area contributed by atoms with E-state index >= 15 is 0 Å². The molecule has 1 aliphatic rings. The van der Waals surface area contributed by atoms with Gasteiger partial charge in [-0.3, -0.25) is 4.79 Å². The summed E-state index contributed by atoms with van der Waals surface area (Å²) in [5.41, 5.74) is 0.457. The molecule has 0 bridgehead atoms. The number of hydrogen-bond acceptors (Lipinski definition) is 1. The smallest absolute Gasteiger partial charge is 0.253 e. The van der Waals surface area contributed by atoms with Crippen molar-refractivity contribution in [2.75, 3.05) is 0 Å². The van der Waals surface area contributed by atoms with Crippen LogP contribution in [0.15, 0.2) is 18.2 Å². The number of carbonyl (C=O) groups is 1. The van der Waals surface area contributed by atoms with Gasteiger partial charge in [-0.25, -0.2) is 0 Å². The van der Waals surface area contributed by atoms with Crippen molar-refractivity contribution in [1.29, 1.82) is 0 Å². The monoisotopic (exact) mass is 271 g/mol. The summed E-state index contributed by atoms with van der Waals surface area (Å²) < 4.78 is 0. The second-order valence-electron chi connectivity index (χ2n) is 4.69. The van der Waals surface area contributed by atoms with Crippen molar-refractivity contribution < 1.29 is 4.79 Å². The third-order valence-corrected chi connectivity index (χ3v) is 4.05. The lowest BCUT2D eigenvalue weighted by molar-refractivity contribution is 0.0937. The molecule has 0 aromatic heterocycles.